The Morgan fingerprint density at radius 1 is 0.962 bits per heavy atom. The van der Waals surface area contributed by atoms with Crippen LogP contribution >= 0.6 is 23.8 Å². The predicted octanol–water partition coefficient (Wildman–Crippen LogP) is 4.31. The van der Waals surface area contributed by atoms with Gasteiger partial charge in [0.1, 0.15) is 0 Å². The van der Waals surface area contributed by atoms with E-state index < -0.39 is 0 Å². The molecule has 0 spiro atoms. The molecule has 0 saturated carbocycles. The molecular formula is C19H19ClN4OS. The van der Waals surface area contributed by atoms with Crippen molar-refractivity contribution in [2.75, 3.05) is 31.1 Å². The van der Waals surface area contributed by atoms with Gasteiger partial charge >= 0.3 is 0 Å². The van der Waals surface area contributed by atoms with Crippen LogP contribution in [0.25, 0.3) is 11.5 Å². The van der Waals surface area contributed by atoms with Gasteiger partial charge in [0.2, 0.25) is 5.89 Å². The maximum atomic E-state index is 6.23. The van der Waals surface area contributed by atoms with E-state index in [1.165, 1.54) is 5.69 Å². The molecule has 2 heterocycles. The van der Waals surface area contributed by atoms with Gasteiger partial charge in [0.15, 0.2) is 0 Å². The van der Waals surface area contributed by atoms with Gasteiger partial charge in [0.25, 0.3) is 4.84 Å². The second kappa shape index (κ2) is 7.61. The number of piperazine rings is 1. The van der Waals surface area contributed by atoms with Crippen molar-refractivity contribution in [1.29, 1.82) is 0 Å². The third-order valence-corrected chi connectivity index (χ3v) is 5.16. The Morgan fingerprint density at radius 2 is 1.65 bits per heavy atom. The lowest BCUT2D eigenvalue weighted by Gasteiger charge is -2.35. The fourth-order valence-corrected chi connectivity index (χ4v) is 3.51. The number of halogens is 1. The standard InChI is InChI=1S/C19H19ClN4OS/c20-17-9-5-4-8-16(17)18-21-24(19(26)25-18)14-22-10-12-23(13-11-22)15-6-2-1-3-7-15/h1-9H,10-14H2. The van der Waals surface area contributed by atoms with Gasteiger partial charge in [0.05, 0.1) is 17.3 Å². The van der Waals surface area contributed by atoms with E-state index in [1.54, 1.807) is 4.68 Å². The minimum absolute atomic E-state index is 0.366. The Morgan fingerprint density at radius 3 is 2.38 bits per heavy atom. The van der Waals surface area contributed by atoms with Crippen molar-refractivity contribution in [3.63, 3.8) is 0 Å². The molecule has 0 aliphatic carbocycles. The first kappa shape index (κ1) is 17.3. The molecule has 5 nitrogen and oxygen atoms in total. The van der Waals surface area contributed by atoms with Crippen molar-refractivity contribution < 1.29 is 4.42 Å². The van der Waals surface area contributed by atoms with Crippen LogP contribution < -0.4 is 4.90 Å². The van der Waals surface area contributed by atoms with E-state index in [0.29, 0.717) is 22.4 Å². The molecule has 0 bridgehead atoms. The molecule has 7 heteroatoms. The van der Waals surface area contributed by atoms with E-state index in [2.05, 4.69) is 39.2 Å². The summed E-state index contributed by atoms with van der Waals surface area (Å²) < 4.78 is 7.39. The van der Waals surface area contributed by atoms with Gasteiger partial charge in [-0.05, 0) is 36.5 Å². The summed E-state index contributed by atoms with van der Waals surface area (Å²) in [5.74, 6) is 0.462. The van der Waals surface area contributed by atoms with Crippen molar-refractivity contribution in [2.45, 2.75) is 6.67 Å². The topological polar surface area (TPSA) is 37.4 Å². The first-order valence-corrected chi connectivity index (χ1v) is 9.34. The van der Waals surface area contributed by atoms with Gasteiger partial charge in [-0.25, -0.2) is 4.68 Å². The lowest BCUT2D eigenvalue weighted by molar-refractivity contribution is 0.192. The lowest BCUT2D eigenvalue weighted by atomic mass is 10.2. The molecule has 4 rings (SSSR count). The predicted molar refractivity (Wildman–Crippen MR) is 106 cm³/mol. The fraction of sp³-hybridized carbons (Fsp3) is 0.263. The van der Waals surface area contributed by atoms with Crippen LogP contribution in [0.4, 0.5) is 5.69 Å². The summed E-state index contributed by atoms with van der Waals surface area (Å²) in [6.07, 6.45) is 0. The average Bonchev–Trinajstić information content (AvgIpc) is 3.04. The van der Waals surface area contributed by atoms with E-state index in [0.717, 1.165) is 31.7 Å². The monoisotopic (exact) mass is 386 g/mol. The highest BCUT2D eigenvalue weighted by atomic mass is 35.5. The number of rotatable bonds is 4. The second-order valence-electron chi connectivity index (χ2n) is 6.23. The van der Waals surface area contributed by atoms with Gasteiger partial charge in [0, 0.05) is 31.9 Å². The first-order chi connectivity index (χ1) is 12.7. The summed E-state index contributed by atoms with van der Waals surface area (Å²) in [5.41, 5.74) is 2.03. The van der Waals surface area contributed by atoms with Crippen LogP contribution in [0.3, 0.4) is 0 Å². The van der Waals surface area contributed by atoms with Crippen molar-refractivity contribution in [2.24, 2.45) is 0 Å². The fourth-order valence-electron chi connectivity index (χ4n) is 3.11. The summed E-state index contributed by atoms with van der Waals surface area (Å²) in [5, 5.41) is 5.12. The summed E-state index contributed by atoms with van der Waals surface area (Å²) in [6.45, 7) is 4.48. The number of anilines is 1. The van der Waals surface area contributed by atoms with Crippen LogP contribution in [0.2, 0.25) is 5.02 Å². The van der Waals surface area contributed by atoms with Crippen LogP contribution in [-0.2, 0) is 6.67 Å². The molecule has 1 aliphatic heterocycles. The summed E-state index contributed by atoms with van der Waals surface area (Å²) >= 11 is 11.6. The molecule has 1 aromatic heterocycles. The molecule has 134 valence electrons. The number of nitrogens with zero attached hydrogens (tertiary/aromatic N) is 4. The molecule has 1 saturated heterocycles. The van der Waals surface area contributed by atoms with Gasteiger partial charge in [-0.1, -0.05) is 41.9 Å². The molecule has 0 N–H and O–H groups in total. The van der Waals surface area contributed by atoms with E-state index in [9.17, 15) is 0 Å². The summed E-state index contributed by atoms with van der Waals surface area (Å²) in [4.78, 5) is 5.09. The molecule has 3 aromatic rings. The number of benzene rings is 2. The van der Waals surface area contributed by atoms with Crippen molar-refractivity contribution >= 4 is 29.5 Å². The zero-order valence-electron chi connectivity index (χ0n) is 14.2. The van der Waals surface area contributed by atoms with E-state index in [4.69, 9.17) is 28.2 Å². The highest BCUT2D eigenvalue weighted by molar-refractivity contribution is 7.71. The zero-order valence-corrected chi connectivity index (χ0v) is 15.8. The Kier molecular flexibility index (Phi) is 5.06. The molecule has 1 aliphatic rings. The normalized spacial score (nSPS) is 15.3. The first-order valence-electron chi connectivity index (χ1n) is 8.56. The molecule has 2 aromatic carbocycles. The van der Waals surface area contributed by atoms with Crippen LogP contribution in [0.5, 0.6) is 0 Å². The van der Waals surface area contributed by atoms with Gasteiger partial charge in [-0.15, -0.1) is 5.10 Å². The van der Waals surface area contributed by atoms with Crippen LogP contribution in [0, 0.1) is 4.84 Å². The van der Waals surface area contributed by atoms with E-state index in [1.807, 2.05) is 30.3 Å². The minimum Gasteiger partial charge on any atom is -0.409 e. The maximum absolute atomic E-state index is 6.23. The van der Waals surface area contributed by atoms with Crippen molar-refractivity contribution in [3.05, 3.63) is 64.5 Å². The van der Waals surface area contributed by atoms with E-state index in [-0.39, 0.29) is 0 Å². The maximum Gasteiger partial charge on any atom is 0.288 e. The molecule has 0 atom stereocenters. The molecule has 0 amide bonds. The highest BCUT2D eigenvalue weighted by Crippen LogP contribution is 2.26. The third kappa shape index (κ3) is 3.67. The smallest absolute Gasteiger partial charge is 0.288 e. The van der Waals surface area contributed by atoms with Crippen LogP contribution in [-0.4, -0.2) is 40.9 Å². The summed E-state index contributed by atoms with van der Waals surface area (Å²) in [7, 11) is 0. The zero-order chi connectivity index (χ0) is 17.9. The highest BCUT2D eigenvalue weighted by Gasteiger charge is 2.19. The quantitative estimate of drug-likeness (QED) is 0.625. The Labute approximate surface area is 162 Å². The van der Waals surface area contributed by atoms with Crippen LogP contribution in [0.15, 0.2) is 59.0 Å². The second-order valence-corrected chi connectivity index (χ2v) is 6.99. The number of aromatic nitrogens is 2. The number of hydrogen-bond donors (Lipinski definition) is 0. The van der Waals surface area contributed by atoms with Crippen molar-refractivity contribution in [1.82, 2.24) is 14.7 Å². The van der Waals surface area contributed by atoms with Gasteiger partial charge in [-0.3, -0.25) is 4.90 Å². The van der Waals surface area contributed by atoms with Crippen LogP contribution in [0.1, 0.15) is 0 Å². The Balaban J connectivity index is 1.43. The van der Waals surface area contributed by atoms with Crippen molar-refractivity contribution in [3.8, 4) is 11.5 Å². The number of para-hydroxylation sites is 1. The van der Waals surface area contributed by atoms with Gasteiger partial charge in [-0.2, -0.15) is 0 Å². The molecule has 26 heavy (non-hydrogen) atoms. The Bertz CT molecular complexity index is 932. The van der Waals surface area contributed by atoms with E-state index >= 15 is 0 Å². The SMILES string of the molecule is S=c1oc(-c2ccccc2Cl)nn1CN1CCN(c2ccccc2)CC1. The molecular weight excluding hydrogens is 368 g/mol. The average molecular weight is 387 g/mol. The minimum atomic E-state index is 0.366. The molecule has 0 unspecified atom stereocenters. The largest absolute Gasteiger partial charge is 0.409 e. The molecule has 0 radical (unpaired) electrons. The Hall–Kier alpha value is -2.15. The van der Waals surface area contributed by atoms with Gasteiger partial charge < -0.3 is 9.32 Å². The lowest BCUT2D eigenvalue weighted by Crippen LogP contribution is -2.46. The third-order valence-electron chi connectivity index (χ3n) is 4.54. The number of hydrogen-bond acceptors (Lipinski definition) is 5. The summed E-state index contributed by atoms with van der Waals surface area (Å²) in [6, 6.07) is 18.0. The molecule has 1 fully saturated rings.